The Morgan fingerprint density at radius 2 is 1.84 bits per heavy atom. The molecule has 3 N–H and O–H groups in total. The van der Waals surface area contributed by atoms with Crippen LogP contribution in [0.15, 0.2) is 0 Å². The van der Waals surface area contributed by atoms with Crippen LogP contribution in [0.1, 0.15) is 46.5 Å². The van der Waals surface area contributed by atoms with Crippen molar-refractivity contribution in [1.82, 2.24) is 10.2 Å². The number of carbonyl (C=O) groups is 1. The number of amides is 1. The molecule has 4 nitrogen and oxygen atoms in total. The van der Waals surface area contributed by atoms with Gasteiger partial charge in [-0.1, -0.05) is 13.8 Å². The van der Waals surface area contributed by atoms with E-state index in [9.17, 15) is 4.79 Å². The van der Waals surface area contributed by atoms with Crippen LogP contribution in [0.2, 0.25) is 0 Å². The fraction of sp³-hybridized carbons (Fsp3) is 0.923. The SMILES string of the molecule is CCN(CC)CCCC(C)NC(=O)C1(N)CC1.Cl.Cl. The molecule has 0 aromatic heterocycles. The fourth-order valence-electron chi connectivity index (χ4n) is 1.96. The van der Waals surface area contributed by atoms with Gasteiger partial charge in [0.15, 0.2) is 0 Å². The van der Waals surface area contributed by atoms with E-state index in [4.69, 9.17) is 5.73 Å². The summed E-state index contributed by atoms with van der Waals surface area (Å²) in [4.78, 5) is 14.1. The van der Waals surface area contributed by atoms with Crippen molar-refractivity contribution in [2.75, 3.05) is 19.6 Å². The highest BCUT2D eigenvalue weighted by Gasteiger charge is 2.46. The number of hydrogen-bond donors (Lipinski definition) is 2. The second-order valence-corrected chi connectivity index (χ2v) is 5.20. The normalized spacial score (nSPS) is 17.1. The minimum Gasteiger partial charge on any atom is -0.352 e. The first kappa shape index (κ1) is 21.3. The number of hydrogen-bond acceptors (Lipinski definition) is 3. The molecular formula is C13H29Cl2N3O. The van der Waals surface area contributed by atoms with Gasteiger partial charge in [0.1, 0.15) is 0 Å². The molecule has 0 bridgehead atoms. The van der Waals surface area contributed by atoms with Gasteiger partial charge < -0.3 is 16.0 Å². The van der Waals surface area contributed by atoms with Crippen LogP contribution in [0.3, 0.4) is 0 Å². The average Bonchev–Trinajstić information content (AvgIpc) is 3.04. The molecule has 0 aromatic rings. The Bertz CT molecular complexity index is 256. The van der Waals surface area contributed by atoms with E-state index in [1.807, 2.05) is 0 Å². The molecule has 1 amide bonds. The second kappa shape index (κ2) is 9.81. The fourth-order valence-corrected chi connectivity index (χ4v) is 1.96. The average molecular weight is 314 g/mol. The zero-order valence-electron chi connectivity index (χ0n) is 12.3. The van der Waals surface area contributed by atoms with E-state index in [1.54, 1.807) is 0 Å². The lowest BCUT2D eigenvalue weighted by Crippen LogP contribution is -2.46. The van der Waals surface area contributed by atoms with Crippen LogP contribution in [0.5, 0.6) is 0 Å². The summed E-state index contributed by atoms with van der Waals surface area (Å²) >= 11 is 0. The van der Waals surface area contributed by atoms with Crippen LogP contribution in [-0.4, -0.2) is 42.0 Å². The Kier molecular flexibility index (Phi) is 11.0. The van der Waals surface area contributed by atoms with Crippen LogP contribution >= 0.6 is 24.8 Å². The first-order chi connectivity index (χ1) is 8.01. The Labute approximate surface area is 129 Å². The zero-order chi connectivity index (χ0) is 12.9. The summed E-state index contributed by atoms with van der Waals surface area (Å²) in [7, 11) is 0. The third kappa shape index (κ3) is 7.35. The smallest absolute Gasteiger partial charge is 0.240 e. The van der Waals surface area contributed by atoms with Crippen molar-refractivity contribution < 1.29 is 4.79 Å². The van der Waals surface area contributed by atoms with Gasteiger partial charge >= 0.3 is 0 Å². The lowest BCUT2D eigenvalue weighted by Gasteiger charge is -2.20. The molecule has 1 aliphatic carbocycles. The van der Waals surface area contributed by atoms with Crippen molar-refractivity contribution in [3.05, 3.63) is 0 Å². The first-order valence-electron chi connectivity index (χ1n) is 6.84. The molecule has 0 heterocycles. The van der Waals surface area contributed by atoms with Crippen LogP contribution < -0.4 is 11.1 Å². The van der Waals surface area contributed by atoms with Gasteiger partial charge in [0, 0.05) is 6.04 Å². The Morgan fingerprint density at radius 1 is 1.32 bits per heavy atom. The van der Waals surface area contributed by atoms with Gasteiger partial charge in [0.2, 0.25) is 5.91 Å². The van der Waals surface area contributed by atoms with E-state index in [1.165, 1.54) is 0 Å². The summed E-state index contributed by atoms with van der Waals surface area (Å²) in [5, 5.41) is 3.01. The first-order valence-corrected chi connectivity index (χ1v) is 6.84. The topological polar surface area (TPSA) is 58.4 Å². The van der Waals surface area contributed by atoms with Crippen molar-refractivity contribution in [2.45, 2.75) is 58.0 Å². The molecule has 19 heavy (non-hydrogen) atoms. The van der Waals surface area contributed by atoms with Crippen LogP contribution in [0, 0.1) is 0 Å². The molecule has 1 saturated carbocycles. The summed E-state index contributed by atoms with van der Waals surface area (Å²) in [5.74, 6) is 0.0350. The molecule has 1 atom stereocenters. The summed E-state index contributed by atoms with van der Waals surface area (Å²) in [6, 6.07) is 0.235. The zero-order valence-corrected chi connectivity index (χ0v) is 13.9. The van der Waals surface area contributed by atoms with Gasteiger partial charge in [0.05, 0.1) is 5.54 Å². The predicted octanol–water partition coefficient (Wildman–Crippen LogP) is 1.95. The van der Waals surface area contributed by atoms with Crippen LogP contribution in [-0.2, 0) is 4.79 Å². The number of rotatable bonds is 8. The predicted molar refractivity (Wildman–Crippen MR) is 85.3 cm³/mol. The van der Waals surface area contributed by atoms with Crippen molar-refractivity contribution >= 4 is 30.7 Å². The molecule has 1 unspecified atom stereocenters. The van der Waals surface area contributed by atoms with Gasteiger partial charge in [-0.2, -0.15) is 0 Å². The van der Waals surface area contributed by atoms with Gasteiger partial charge in [-0.05, 0) is 52.2 Å². The third-order valence-corrected chi connectivity index (χ3v) is 3.62. The number of halogens is 2. The molecule has 1 fully saturated rings. The maximum Gasteiger partial charge on any atom is 0.240 e. The number of nitrogens with one attached hydrogen (secondary N) is 1. The Morgan fingerprint density at radius 3 is 2.26 bits per heavy atom. The third-order valence-electron chi connectivity index (χ3n) is 3.62. The standard InChI is InChI=1S/C13H27N3O.2ClH/c1-4-16(5-2)10-6-7-11(3)15-12(17)13(14)8-9-13;;/h11H,4-10,14H2,1-3H3,(H,15,17);2*1H. The molecule has 116 valence electrons. The second-order valence-electron chi connectivity index (χ2n) is 5.20. The summed E-state index contributed by atoms with van der Waals surface area (Å²) in [6.07, 6.45) is 3.83. The minimum atomic E-state index is -0.535. The van der Waals surface area contributed by atoms with Crippen LogP contribution in [0.25, 0.3) is 0 Å². The largest absolute Gasteiger partial charge is 0.352 e. The minimum absolute atomic E-state index is 0. The van der Waals surface area contributed by atoms with E-state index in [0.29, 0.717) is 0 Å². The van der Waals surface area contributed by atoms with Crippen molar-refractivity contribution in [3.8, 4) is 0 Å². The van der Waals surface area contributed by atoms with E-state index >= 15 is 0 Å². The number of nitrogens with zero attached hydrogens (tertiary/aromatic N) is 1. The molecular weight excluding hydrogens is 285 g/mol. The van der Waals surface area contributed by atoms with Crippen molar-refractivity contribution in [1.29, 1.82) is 0 Å². The molecule has 1 rings (SSSR count). The van der Waals surface area contributed by atoms with E-state index in [-0.39, 0.29) is 36.8 Å². The molecule has 0 aromatic carbocycles. The van der Waals surface area contributed by atoms with Gasteiger partial charge in [-0.15, -0.1) is 24.8 Å². The van der Waals surface area contributed by atoms with Gasteiger partial charge in [-0.3, -0.25) is 4.79 Å². The quantitative estimate of drug-likeness (QED) is 0.720. The molecule has 1 aliphatic rings. The molecule has 0 aliphatic heterocycles. The molecule has 6 heteroatoms. The molecule has 0 spiro atoms. The summed E-state index contributed by atoms with van der Waals surface area (Å²) in [5.41, 5.74) is 5.30. The highest BCUT2D eigenvalue weighted by atomic mass is 35.5. The Hall–Kier alpha value is -0.0300. The maximum atomic E-state index is 11.7. The highest BCUT2D eigenvalue weighted by molar-refractivity contribution is 5.89. The lowest BCUT2D eigenvalue weighted by molar-refractivity contribution is -0.123. The summed E-state index contributed by atoms with van der Waals surface area (Å²) in [6.45, 7) is 9.74. The van der Waals surface area contributed by atoms with Crippen molar-refractivity contribution in [2.24, 2.45) is 5.73 Å². The monoisotopic (exact) mass is 313 g/mol. The summed E-state index contributed by atoms with van der Waals surface area (Å²) < 4.78 is 0. The number of nitrogens with two attached hydrogens (primary N) is 1. The van der Waals surface area contributed by atoms with Crippen LogP contribution in [0.4, 0.5) is 0 Å². The van der Waals surface area contributed by atoms with E-state index < -0.39 is 5.54 Å². The Balaban J connectivity index is 0. The van der Waals surface area contributed by atoms with E-state index in [2.05, 4.69) is 31.0 Å². The van der Waals surface area contributed by atoms with E-state index in [0.717, 1.165) is 45.3 Å². The number of carbonyl (C=O) groups excluding carboxylic acids is 1. The van der Waals surface area contributed by atoms with Gasteiger partial charge in [-0.25, -0.2) is 0 Å². The maximum absolute atomic E-state index is 11.7. The lowest BCUT2D eigenvalue weighted by atomic mass is 10.1. The van der Waals surface area contributed by atoms with Gasteiger partial charge in [0.25, 0.3) is 0 Å². The van der Waals surface area contributed by atoms with Crippen molar-refractivity contribution in [3.63, 3.8) is 0 Å². The molecule has 0 saturated heterocycles. The molecule has 0 radical (unpaired) electrons. The highest BCUT2D eigenvalue weighted by Crippen LogP contribution is 2.32.